The molecule has 0 aromatic heterocycles. The van der Waals surface area contributed by atoms with Gasteiger partial charge in [0.1, 0.15) is 11.3 Å². The maximum absolute atomic E-state index is 12.7. The zero-order valence-electron chi connectivity index (χ0n) is 13.6. The number of para-hydroxylation sites is 1. The molecular formula is C20H20O4. The van der Waals surface area contributed by atoms with Crippen molar-refractivity contribution in [3.05, 3.63) is 71.3 Å². The Hall–Kier alpha value is -2.88. The number of ketones is 1. The van der Waals surface area contributed by atoms with Gasteiger partial charge in [-0.05, 0) is 30.2 Å². The predicted octanol–water partition coefficient (Wildman–Crippen LogP) is 4.00. The molecule has 4 heteroatoms. The first kappa shape index (κ1) is 17.5. The molecule has 0 fully saturated rings. The van der Waals surface area contributed by atoms with Gasteiger partial charge in [0.15, 0.2) is 0 Å². The Labute approximate surface area is 141 Å². The molecule has 0 aliphatic rings. The van der Waals surface area contributed by atoms with Crippen LogP contribution in [0.2, 0.25) is 0 Å². The Morgan fingerprint density at radius 3 is 2.38 bits per heavy atom. The Bertz CT molecular complexity index is 732. The molecule has 0 aliphatic heterocycles. The molecule has 2 aromatic carbocycles. The number of aromatic hydroxyl groups is 1. The van der Waals surface area contributed by atoms with Crippen LogP contribution in [0.25, 0.3) is 6.08 Å². The summed E-state index contributed by atoms with van der Waals surface area (Å²) in [6, 6.07) is 15.2. The van der Waals surface area contributed by atoms with E-state index in [0.29, 0.717) is 5.56 Å². The van der Waals surface area contributed by atoms with Crippen molar-refractivity contribution in [2.45, 2.75) is 19.8 Å². The maximum atomic E-state index is 12.7. The number of Topliss-reactive ketones (excluding diaryl/α,β-unsaturated/α-hetero) is 1. The molecule has 0 aliphatic carbocycles. The van der Waals surface area contributed by atoms with Crippen LogP contribution in [0.15, 0.2) is 60.2 Å². The van der Waals surface area contributed by atoms with E-state index in [1.807, 2.05) is 25.1 Å². The van der Waals surface area contributed by atoms with Crippen LogP contribution in [0.5, 0.6) is 5.75 Å². The van der Waals surface area contributed by atoms with Crippen LogP contribution in [0, 0.1) is 0 Å². The first-order valence-corrected chi connectivity index (χ1v) is 7.90. The molecule has 2 rings (SSSR count). The van der Waals surface area contributed by atoms with Crippen LogP contribution < -0.4 is 0 Å². The van der Waals surface area contributed by atoms with Crippen molar-refractivity contribution in [2.24, 2.45) is 0 Å². The summed E-state index contributed by atoms with van der Waals surface area (Å²) in [5.74, 6) is -1.40. The molecule has 0 amide bonds. The molecule has 0 saturated carbocycles. The van der Waals surface area contributed by atoms with Gasteiger partial charge in [-0.3, -0.25) is 4.79 Å². The van der Waals surface area contributed by atoms with E-state index in [0.717, 1.165) is 12.8 Å². The Kier molecular flexibility index (Phi) is 6.32. The van der Waals surface area contributed by atoms with Crippen LogP contribution in [-0.4, -0.2) is 23.5 Å². The van der Waals surface area contributed by atoms with Gasteiger partial charge in [-0.15, -0.1) is 0 Å². The second-order valence-electron chi connectivity index (χ2n) is 5.30. The number of ether oxygens (including phenoxy) is 1. The van der Waals surface area contributed by atoms with Crippen LogP contribution in [0.3, 0.4) is 0 Å². The standard InChI is InChI=1S/C20H20O4/c1-2-3-13-24-20(23)17(14-15-9-5-4-6-10-15)19(22)16-11-7-8-12-18(16)21/h4-12,14,21H,2-3,13H2,1H3. The number of rotatable bonds is 7. The fraction of sp³-hybridized carbons (Fsp3) is 0.200. The van der Waals surface area contributed by atoms with Crippen molar-refractivity contribution >= 4 is 17.8 Å². The highest BCUT2D eigenvalue weighted by Crippen LogP contribution is 2.22. The second-order valence-corrected chi connectivity index (χ2v) is 5.30. The molecule has 0 saturated heterocycles. The van der Waals surface area contributed by atoms with Gasteiger partial charge in [0.25, 0.3) is 0 Å². The molecule has 0 atom stereocenters. The highest BCUT2D eigenvalue weighted by Gasteiger charge is 2.23. The number of phenols is 1. The summed E-state index contributed by atoms with van der Waals surface area (Å²) in [5, 5.41) is 9.89. The third-order valence-electron chi connectivity index (χ3n) is 3.45. The third-order valence-corrected chi connectivity index (χ3v) is 3.45. The summed E-state index contributed by atoms with van der Waals surface area (Å²) in [6.45, 7) is 2.25. The SMILES string of the molecule is CCCCOC(=O)C(=Cc1ccccc1)C(=O)c1ccccc1O. The third kappa shape index (κ3) is 4.56. The Morgan fingerprint density at radius 2 is 1.71 bits per heavy atom. The number of carbonyl (C=O) groups excluding carboxylic acids is 2. The van der Waals surface area contributed by atoms with Crippen LogP contribution in [0.4, 0.5) is 0 Å². The lowest BCUT2D eigenvalue weighted by molar-refractivity contribution is -0.138. The van der Waals surface area contributed by atoms with Crippen molar-refractivity contribution in [1.29, 1.82) is 0 Å². The van der Waals surface area contributed by atoms with Gasteiger partial charge in [0.2, 0.25) is 5.78 Å². The number of hydrogen-bond acceptors (Lipinski definition) is 4. The molecule has 0 unspecified atom stereocenters. The zero-order valence-corrected chi connectivity index (χ0v) is 13.6. The highest BCUT2D eigenvalue weighted by molar-refractivity contribution is 6.27. The molecule has 4 nitrogen and oxygen atoms in total. The van der Waals surface area contributed by atoms with Gasteiger partial charge >= 0.3 is 5.97 Å². The fourth-order valence-electron chi connectivity index (χ4n) is 2.13. The fourth-order valence-corrected chi connectivity index (χ4v) is 2.13. The summed E-state index contributed by atoms with van der Waals surface area (Å²) in [7, 11) is 0. The number of hydrogen-bond donors (Lipinski definition) is 1. The molecule has 0 bridgehead atoms. The van der Waals surface area contributed by atoms with Crippen molar-refractivity contribution in [1.82, 2.24) is 0 Å². The molecule has 0 heterocycles. The predicted molar refractivity (Wildman–Crippen MR) is 92.7 cm³/mol. The van der Waals surface area contributed by atoms with Crippen molar-refractivity contribution in [3.8, 4) is 5.75 Å². The van der Waals surface area contributed by atoms with E-state index in [9.17, 15) is 14.7 Å². The summed E-state index contributed by atoms with van der Waals surface area (Å²) in [4.78, 5) is 25.1. The highest BCUT2D eigenvalue weighted by atomic mass is 16.5. The number of unbranched alkanes of at least 4 members (excludes halogenated alkanes) is 1. The minimum atomic E-state index is -0.680. The van der Waals surface area contributed by atoms with E-state index in [4.69, 9.17) is 4.74 Å². The minimum Gasteiger partial charge on any atom is -0.507 e. The molecule has 2 aromatic rings. The van der Waals surface area contributed by atoms with Crippen molar-refractivity contribution in [3.63, 3.8) is 0 Å². The van der Waals surface area contributed by atoms with Crippen molar-refractivity contribution in [2.75, 3.05) is 6.61 Å². The lowest BCUT2D eigenvalue weighted by atomic mass is 10.00. The first-order valence-electron chi connectivity index (χ1n) is 7.90. The van der Waals surface area contributed by atoms with E-state index in [-0.39, 0.29) is 23.5 Å². The molecule has 0 spiro atoms. The van der Waals surface area contributed by atoms with Crippen LogP contribution in [-0.2, 0) is 9.53 Å². The topological polar surface area (TPSA) is 63.6 Å². The Morgan fingerprint density at radius 1 is 1.04 bits per heavy atom. The molecule has 24 heavy (non-hydrogen) atoms. The van der Waals surface area contributed by atoms with Gasteiger partial charge in [-0.2, -0.15) is 0 Å². The number of benzene rings is 2. The van der Waals surface area contributed by atoms with E-state index in [2.05, 4.69) is 0 Å². The van der Waals surface area contributed by atoms with Gasteiger partial charge in [-0.1, -0.05) is 55.8 Å². The maximum Gasteiger partial charge on any atom is 0.342 e. The number of esters is 1. The summed E-state index contributed by atoms with van der Waals surface area (Å²) in [6.07, 6.45) is 3.11. The monoisotopic (exact) mass is 324 g/mol. The molecule has 124 valence electrons. The smallest absolute Gasteiger partial charge is 0.342 e. The normalized spacial score (nSPS) is 11.1. The summed E-state index contributed by atoms with van der Waals surface area (Å²) in [5.41, 5.74) is 0.689. The largest absolute Gasteiger partial charge is 0.507 e. The van der Waals surface area contributed by atoms with Gasteiger partial charge in [-0.25, -0.2) is 4.79 Å². The first-order chi connectivity index (χ1) is 11.6. The van der Waals surface area contributed by atoms with E-state index in [1.165, 1.54) is 18.2 Å². The summed E-state index contributed by atoms with van der Waals surface area (Å²) >= 11 is 0. The number of carbonyl (C=O) groups is 2. The van der Waals surface area contributed by atoms with Gasteiger partial charge in [0, 0.05) is 0 Å². The van der Waals surface area contributed by atoms with Gasteiger partial charge < -0.3 is 9.84 Å². The lowest BCUT2D eigenvalue weighted by Gasteiger charge is -2.09. The van der Waals surface area contributed by atoms with E-state index < -0.39 is 11.8 Å². The zero-order chi connectivity index (χ0) is 17.4. The van der Waals surface area contributed by atoms with Crippen LogP contribution in [0.1, 0.15) is 35.7 Å². The average molecular weight is 324 g/mol. The Balaban J connectivity index is 2.35. The van der Waals surface area contributed by atoms with Gasteiger partial charge in [0.05, 0.1) is 12.2 Å². The lowest BCUT2D eigenvalue weighted by Crippen LogP contribution is -2.17. The summed E-state index contributed by atoms with van der Waals surface area (Å²) < 4.78 is 5.19. The van der Waals surface area contributed by atoms with Crippen LogP contribution >= 0.6 is 0 Å². The quantitative estimate of drug-likeness (QED) is 0.209. The van der Waals surface area contributed by atoms with E-state index >= 15 is 0 Å². The van der Waals surface area contributed by atoms with Crippen molar-refractivity contribution < 1.29 is 19.4 Å². The molecule has 1 N–H and O–H groups in total. The van der Waals surface area contributed by atoms with E-state index in [1.54, 1.807) is 24.3 Å². The minimum absolute atomic E-state index is 0.0760. The average Bonchev–Trinajstić information content (AvgIpc) is 2.60. The number of phenolic OH excluding ortho intramolecular Hbond substituents is 1. The molecular weight excluding hydrogens is 304 g/mol. The molecule has 0 radical (unpaired) electrons. The second kappa shape index (κ2) is 8.67.